The minimum absolute atomic E-state index is 0.108. The van der Waals surface area contributed by atoms with Gasteiger partial charge < -0.3 is 15.2 Å². The van der Waals surface area contributed by atoms with Crippen molar-refractivity contribution in [3.63, 3.8) is 0 Å². The Balaban J connectivity index is 1.72. The smallest absolute Gasteiger partial charge is 0.389 e. The predicted molar refractivity (Wildman–Crippen MR) is 82.0 cm³/mol. The monoisotopic (exact) mass is 345 g/mol. The van der Waals surface area contributed by atoms with Gasteiger partial charge in [0.2, 0.25) is 5.91 Å². The summed E-state index contributed by atoms with van der Waals surface area (Å²) >= 11 is 0. The lowest BCUT2D eigenvalue weighted by Gasteiger charge is -2.21. The fourth-order valence-corrected chi connectivity index (χ4v) is 2.81. The summed E-state index contributed by atoms with van der Waals surface area (Å²) in [5.74, 6) is -0.197. The largest absolute Gasteiger partial charge is 0.411 e. The molecule has 1 amide bonds. The van der Waals surface area contributed by atoms with Crippen LogP contribution in [0.1, 0.15) is 43.2 Å². The Bertz CT molecular complexity index is 537. The molecular formula is C17H22F3NO3. The standard InChI is InChI=1S/C17H22F3NO3/c18-17(19,20)12-24-11-14-5-3-13(4-6-14)10-21-15(22)9-16(23)7-1-2-8-16/h3-6,23H,1-2,7-12H2,(H,21,22). The van der Waals surface area contributed by atoms with Crippen molar-refractivity contribution in [1.29, 1.82) is 0 Å². The van der Waals surface area contributed by atoms with Gasteiger partial charge in [-0.3, -0.25) is 4.79 Å². The summed E-state index contributed by atoms with van der Waals surface area (Å²) in [6.07, 6.45) is -1.01. The highest BCUT2D eigenvalue weighted by Crippen LogP contribution is 2.32. The molecule has 0 aromatic heterocycles. The molecule has 0 saturated heterocycles. The van der Waals surface area contributed by atoms with Crippen molar-refractivity contribution >= 4 is 5.91 Å². The van der Waals surface area contributed by atoms with E-state index in [-0.39, 0.29) is 18.9 Å². The zero-order valence-electron chi connectivity index (χ0n) is 13.4. The van der Waals surface area contributed by atoms with Crippen LogP contribution in [-0.4, -0.2) is 29.4 Å². The molecule has 1 aromatic carbocycles. The number of aliphatic hydroxyl groups is 1. The molecule has 134 valence electrons. The van der Waals surface area contributed by atoms with Gasteiger partial charge in [0, 0.05) is 6.54 Å². The van der Waals surface area contributed by atoms with E-state index in [1.165, 1.54) is 0 Å². The van der Waals surface area contributed by atoms with Crippen LogP contribution in [0, 0.1) is 0 Å². The summed E-state index contributed by atoms with van der Waals surface area (Å²) in [5, 5.41) is 12.9. The summed E-state index contributed by atoms with van der Waals surface area (Å²) < 4.78 is 40.5. The van der Waals surface area contributed by atoms with Gasteiger partial charge in [0.25, 0.3) is 0 Å². The summed E-state index contributed by atoms with van der Waals surface area (Å²) in [5.41, 5.74) is 0.597. The first-order valence-corrected chi connectivity index (χ1v) is 7.97. The number of carbonyl (C=O) groups is 1. The summed E-state index contributed by atoms with van der Waals surface area (Å²) in [4.78, 5) is 11.9. The molecule has 2 N–H and O–H groups in total. The summed E-state index contributed by atoms with van der Waals surface area (Å²) in [7, 11) is 0. The number of alkyl halides is 3. The first-order chi connectivity index (χ1) is 11.3. The Morgan fingerprint density at radius 1 is 1.17 bits per heavy atom. The lowest BCUT2D eigenvalue weighted by Crippen LogP contribution is -2.34. The van der Waals surface area contributed by atoms with Crippen molar-refractivity contribution in [2.24, 2.45) is 0 Å². The SMILES string of the molecule is O=C(CC1(O)CCCC1)NCc1ccc(COCC(F)(F)F)cc1. The van der Waals surface area contributed by atoms with Gasteiger partial charge in [-0.1, -0.05) is 37.1 Å². The number of halogens is 3. The van der Waals surface area contributed by atoms with Gasteiger partial charge in [0.1, 0.15) is 6.61 Å². The van der Waals surface area contributed by atoms with Crippen LogP contribution in [0.3, 0.4) is 0 Å². The summed E-state index contributed by atoms with van der Waals surface area (Å²) in [6.45, 7) is -1.06. The molecule has 1 fully saturated rings. The molecule has 0 unspecified atom stereocenters. The van der Waals surface area contributed by atoms with Crippen LogP contribution in [0.4, 0.5) is 13.2 Å². The average molecular weight is 345 g/mol. The quantitative estimate of drug-likeness (QED) is 0.798. The number of rotatable bonds is 7. The van der Waals surface area contributed by atoms with E-state index in [1.54, 1.807) is 24.3 Å². The molecular weight excluding hydrogens is 323 g/mol. The molecule has 0 bridgehead atoms. The van der Waals surface area contributed by atoms with Gasteiger partial charge >= 0.3 is 6.18 Å². The van der Waals surface area contributed by atoms with Crippen LogP contribution in [0.15, 0.2) is 24.3 Å². The molecule has 7 heteroatoms. The topological polar surface area (TPSA) is 58.6 Å². The molecule has 1 aliphatic carbocycles. The Labute approximate surface area is 139 Å². The van der Waals surface area contributed by atoms with E-state index in [1.807, 2.05) is 0 Å². The van der Waals surface area contributed by atoms with Crippen molar-refractivity contribution < 1.29 is 27.8 Å². The van der Waals surface area contributed by atoms with Crippen molar-refractivity contribution in [3.8, 4) is 0 Å². The highest BCUT2D eigenvalue weighted by molar-refractivity contribution is 5.77. The molecule has 1 saturated carbocycles. The third-order valence-corrected chi connectivity index (χ3v) is 4.07. The van der Waals surface area contributed by atoms with Gasteiger partial charge in [-0.25, -0.2) is 0 Å². The number of hydrogen-bond donors (Lipinski definition) is 2. The Morgan fingerprint density at radius 2 is 1.75 bits per heavy atom. The van der Waals surface area contributed by atoms with E-state index in [4.69, 9.17) is 0 Å². The van der Waals surface area contributed by atoms with Crippen molar-refractivity contribution in [2.75, 3.05) is 6.61 Å². The van der Waals surface area contributed by atoms with Gasteiger partial charge in [0.05, 0.1) is 18.6 Å². The number of nitrogens with one attached hydrogen (secondary N) is 1. The minimum atomic E-state index is -4.33. The van der Waals surface area contributed by atoms with Crippen molar-refractivity contribution in [1.82, 2.24) is 5.32 Å². The normalized spacial score (nSPS) is 17.0. The minimum Gasteiger partial charge on any atom is -0.389 e. The second kappa shape index (κ2) is 7.98. The average Bonchev–Trinajstić information content (AvgIpc) is 2.91. The Kier molecular flexibility index (Phi) is 6.23. The van der Waals surface area contributed by atoms with E-state index in [9.17, 15) is 23.1 Å². The lowest BCUT2D eigenvalue weighted by molar-refractivity contribution is -0.176. The number of ether oxygens (including phenoxy) is 1. The van der Waals surface area contributed by atoms with E-state index >= 15 is 0 Å². The third-order valence-electron chi connectivity index (χ3n) is 4.07. The molecule has 0 atom stereocenters. The second-order valence-corrected chi connectivity index (χ2v) is 6.31. The van der Waals surface area contributed by atoms with Crippen LogP contribution in [0.25, 0.3) is 0 Å². The van der Waals surface area contributed by atoms with Crippen LogP contribution in [0.5, 0.6) is 0 Å². The van der Waals surface area contributed by atoms with Crippen LogP contribution in [0.2, 0.25) is 0 Å². The maximum Gasteiger partial charge on any atom is 0.411 e. The molecule has 0 radical (unpaired) electrons. The highest BCUT2D eigenvalue weighted by atomic mass is 19.4. The fraction of sp³-hybridized carbons (Fsp3) is 0.588. The summed E-state index contributed by atoms with van der Waals surface area (Å²) in [6, 6.07) is 6.80. The lowest BCUT2D eigenvalue weighted by atomic mass is 9.97. The number of carbonyl (C=O) groups excluding carboxylic acids is 1. The van der Waals surface area contributed by atoms with Crippen molar-refractivity contribution in [3.05, 3.63) is 35.4 Å². The molecule has 0 spiro atoms. The third kappa shape index (κ3) is 6.49. The van der Waals surface area contributed by atoms with Crippen LogP contribution in [-0.2, 0) is 22.7 Å². The molecule has 2 rings (SSSR count). The van der Waals surface area contributed by atoms with Crippen molar-refractivity contribution in [2.45, 2.75) is 57.0 Å². The Morgan fingerprint density at radius 3 is 2.33 bits per heavy atom. The fourth-order valence-electron chi connectivity index (χ4n) is 2.81. The molecule has 4 nitrogen and oxygen atoms in total. The van der Waals surface area contributed by atoms with E-state index in [2.05, 4.69) is 10.1 Å². The first-order valence-electron chi connectivity index (χ1n) is 7.97. The number of amides is 1. The van der Waals surface area contributed by atoms with E-state index in [0.29, 0.717) is 24.9 Å². The van der Waals surface area contributed by atoms with Gasteiger partial charge in [-0.15, -0.1) is 0 Å². The zero-order chi connectivity index (χ0) is 17.6. The Hall–Kier alpha value is -1.60. The van der Waals surface area contributed by atoms with Gasteiger partial charge in [-0.2, -0.15) is 13.2 Å². The van der Waals surface area contributed by atoms with Crippen LogP contribution >= 0.6 is 0 Å². The maximum absolute atomic E-state index is 12.0. The van der Waals surface area contributed by atoms with Gasteiger partial charge in [0.15, 0.2) is 0 Å². The molecule has 1 aromatic rings. The highest BCUT2D eigenvalue weighted by Gasteiger charge is 2.33. The molecule has 1 aliphatic rings. The zero-order valence-corrected chi connectivity index (χ0v) is 13.4. The number of benzene rings is 1. The van der Waals surface area contributed by atoms with E-state index < -0.39 is 18.4 Å². The predicted octanol–water partition coefficient (Wildman–Crippen LogP) is 3.08. The number of hydrogen-bond acceptors (Lipinski definition) is 3. The van der Waals surface area contributed by atoms with Gasteiger partial charge in [-0.05, 0) is 24.0 Å². The van der Waals surface area contributed by atoms with E-state index in [0.717, 1.165) is 18.4 Å². The molecule has 24 heavy (non-hydrogen) atoms. The maximum atomic E-state index is 12.0. The first kappa shape index (κ1) is 18.7. The van der Waals surface area contributed by atoms with Crippen LogP contribution < -0.4 is 5.32 Å². The molecule has 0 aliphatic heterocycles. The second-order valence-electron chi connectivity index (χ2n) is 6.31. The molecule has 0 heterocycles.